The molecule has 3 rings (SSSR count). The molecule has 8 heteroatoms. The van der Waals surface area contributed by atoms with Crippen molar-refractivity contribution in [2.24, 2.45) is 0 Å². The molecule has 1 saturated heterocycles. The van der Waals surface area contributed by atoms with E-state index in [0.29, 0.717) is 24.6 Å². The predicted octanol–water partition coefficient (Wildman–Crippen LogP) is -1.01. The second kappa shape index (κ2) is 5.04. The number of likely N-dealkylation sites (N-methyl/N-ethyl adjacent to an activating group) is 1. The van der Waals surface area contributed by atoms with Gasteiger partial charge in [-0.05, 0) is 0 Å². The first-order valence-electron chi connectivity index (χ1n) is 6.51. The monoisotopic (exact) mass is 275 g/mol. The van der Waals surface area contributed by atoms with E-state index >= 15 is 0 Å². The van der Waals surface area contributed by atoms with Crippen molar-refractivity contribution < 1.29 is 4.79 Å². The maximum atomic E-state index is 12.3. The summed E-state index contributed by atoms with van der Waals surface area (Å²) in [6.07, 6.45) is 5.13. The molecule has 2 aromatic rings. The van der Waals surface area contributed by atoms with E-state index in [0.717, 1.165) is 6.54 Å². The van der Waals surface area contributed by atoms with E-state index in [2.05, 4.69) is 20.5 Å². The molecule has 0 aromatic carbocycles. The minimum absolute atomic E-state index is 0.0560. The highest BCUT2D eigenvalue weighted by Crippen LogP contribution is 2.20. The first-order chi connectivity index (χ1) is 9.68. The lowest BCUT2D eigenvalue weighted by atomic mass is 10.1. The molecular weight excluding hydrogens is 258 g/mol. The first-order valence-corrected chi connectivity index (χ1v) is 6.51. The fourth-order valence-electron chi connectivity index (χ4n) is 2.42. The molecule has 2 aromatic heterocycles. The Morgan fingerprint density at radius 2 is 2.35 bits per heavy atom. The van der Waals surface area contributed by atoms with Crippen LogP contribution < -0.4 is 10.2 Å². The number of hydrogen-bond acceptors (Lipinski definition) is 6. The molecule has 106 valence electrons. The van der Waals surface area contributed by atoms with Crippen LogP contribution in [-0.2, 0) is 4.79 Å². The highest BCUT2D eigenvalue weighted by molar-refractivity contribution is 5.86. The number of aromatic nitrogens is 4. The Labute approximate surface area is 116 Å². The van der Waals surface area contributed by atoms with Gasteiger partial charge >= 0.3 is 0 Å². The molecule has 1 unspecified atom stereocenters. The van der Waals surface area contributed by atoms with E-state index in [1.165, 1.54) is 0 Å². The van der Waals surface area contributed by atoms with Crippen molar-refractivity contribution in [3.8, 4) is 0 Å². The topological polar surface area (TPSA) is 78.7 Å². The normalized spacial score (nSPS) is 19.3. The lowest BCUT2D eigenvalue weighted by Gasteiger charge is -2.37. The van der Waals surface area contributed by atoms with Crippen molar-refractivity contribution in [1.82, 2.24) is 29.8 Å². The maximum absolute atomic E-state index is 12.3. The Morgan fingerprint density at radius 1 is 1.50 bits per heavy atom. The number of amides is 1. The van der Waals surface area contributed by atoms with Gasteiger partial charge in [-0.3, -0.25) is 9.20 Å². The molecule has 1 aliphatic rings. The Kier molecular flexibility index (Phi) is 3.23. The largest absolute Gasteiger partial charge is 0.347 e. The Hall–Kier alpha value is -2.22. The molecule has 20 heavy (non-hydrogen) atoms. The molecule has 0 bridgehead atoms. The van der Waals surface area contributed by atoms with Crippen molar-refractivity contribution in [1.29, 1.82) is 0 Å². The molecule has 1 N–H and O–H groups in total. The van der Waals surface area contributed by atoms with Crippen molar-refractivity contribution in [3.05, 3.63) is 18.7 Å². The lowest BCUT2D eigenvalue weighted by Crippen LogP contribution is -2.58. The van der Waals surface area contributed by atoms with Crippen molar-refractivity contribution >= 4 is 17.4 Å². The summed E-state index contributed by atoms with van der Waals surface area (Å²) < 4.78 is 1.81. The number of hydrogen-bond donors (Lipinski definition) is 1. The van der Waals surface area contributed by atoms with E-state index in [-0.39, 0.29) is 11.9 Å². The average Bonchev–Trinajstić information content (AvgIpc) is 2.94. The fraction of sp³-hybridized carbons (Fsp3) is 0.500. The second-order valence-electron chi connectivity index (χ2n) is 4.96. The highest BCUT2D eigenvalue weighted by atomic mass is 16.2. The van der Waals surface area contributed by atoms with Crippen LogP contribution in [0.15, 0.2) is 18.7 Å². The summed E-state index contributed by atoms with van der Waals surface area (Å²) in [5, 5.41) is 11.2. The molecule has 1 aliphatic heterocycles. The van der Waals surface area contributed by atoms with Crippen molar-refractivity contribution in [2.45, 2.75) is 6.04 Å². The van der Waals surface area contributed by atoms with E-state index in [1.807, 2.05) is 9.30 Å². The Morgan fingerprint density at radius 3 is 3.15 bits per heavy atom. The third-order valence-corrected chi connectivity index (χ3v) is 3.44. The van der Waals surface area contributed by atoms with Crippen molar-refractivity contribution in [3.63, 3.8) is 0 Å². The average molecular weight is 275 g/mol. The van der Waals surface area contributed by atoms with Crippen LogP contribution in [0, 0.1) is 0 Å². The van der Waals surface area contributed by atoms with Crippen LogP contribution in [0.5, 0.6) is 0 Å². The molecule has 1 atom stereocenters. The van der Waals surface area contributed by atoms with E-state index in [1.54, 1.807) is 37.7 Å². The molecule has 0 saturated carbocycles. The summed E-state index contributed by atoms with van der Waals surface area (Å²) in [6.45, 7) is 2.13. The third kappa shape index (κ3) is 2.07. The number of carbonyl (C=O) groups excluding carboxylic acids is 1. The zero-order valence-electron chi connectivity index (χ0n) is 11.5. The van der Waals surface area contributed by atoms with Crippen LogP contribution in [0.3, 0.4) is 0 Å². The van der Waals surface area contributed by atoms with Gasteiger partial charge in [-0.25, -0.2) is 4.98 Å². The minimum atomic E-state index is -0.269. The van der Waals surface area contributed by atoms with Gasteiger partial charge < -0.3 is 15.1 Å². The van der Waals surface area contributed by atoms with Gasteiger partial charge in [-0.1, -0.05) is 0 Å². The predicted molar refractivity (Wildman–Crippen MR) is 73.5 cm³/mol. The van der Waals surface area contributed by atoms with Gasteiger partial charge in [-0.15, -0.1) is 10.2 Å². The summed E-state index contributed by atoms with van der Waals surface area (Å²) in [5.41, 5.74) is 0.672. The molecule has 3 heterocycles. The number of carbonyl (C=O) groups is 1. The summed E-state index contributed by atoms with van der Waals surface area (Å²) in [7, 11) is 3.53. The van der Waals surface area contributed by atoms with Crippen LogP contribution in [0.25, 0.3) is 5.65 Å². The SMILES string of the molecule is CN(C)C(=O)C1CNCCN1c1nccn2cnnc12. The number of nitrogens with zero attached hydrogens (tertiary/aromatic N) is 6. The fourth-order valence-corrected chi connectivity index (χ4v) is 2.42. The lowest BCUT2D eigenvalue weighted by molar-refractivity contribution is -0.130. The first kappa shape index (κ1) is 12.8. The van der Waals surface area contributed by atoms with E-state index < -0.39 is 0 Å². The highest BCUT2D eigenvalue weighted by Gasteiger charge is 2.32. The Bertz CT molecular complexity index is 623. The molecule has 1 fully saturated rings. The van der Waals surface area contributed by atoms with Gasteiger partial charge in [0.25, 0.3) is 0 Å². The van der Waals surface area contributed by atoms with Crippen LogP contribution in [0.4, 0.5) is 5.82 Å². The zero-order chi connectivity index (χ0) is 14.1. The Balaban J connectivity index is 2.01. The van der Waals surface area contributed by atoms with Gasteiger partial charge in [0.05, 0.1) is 0 Å². The van der Waals surface area contributed by atoms with Gasteiger partial charge in [0.15, 0.2) is 5.82 Å². The smallest absolute Gasteiger partial charge is 0.246 e. The summed E-state index contributed by atoms with van der Waals surface area (Å²) in [4.78, 5) is 20.3. The van der Waals surface area contributed by atoms with Crippen LogP contribution >= 0.6 is 0 Å². The number of piperazine rings is 1. The molecular formula is C12H17N7O. The van der Waals surface area contributed by atoms with Gasteiger partial charge in [0.1, 0.15) is 12.4 Å². The van der Waals surface area contributed by atoms with E-state index in [9.17, 15) is 4.79 Å². The number of fused-ring (bicyclic) bond motifs is 1. The molecule has 0 aliphatic carbocycles. The minimum Gasteiger partial charge on any atom is -0.347 e. The molecule has 0 spiro atoms. The standard InChI is InChI=1S/C12H17N7O/c1-17(2)12(20)9-7-13-3-6-19(9)10-11-16-15-8-18(11)5-4-14-10/h4-5,8-9,13H,3,6-7H2,1-2H3. The molecule has 0 radical (unpaired) electrons. The zero-order valence-corrected chi connectivity index (χ0v) is 11.5. The number of anilines is 1. The molecule has 1 amide bonds. The maximum Gasteiger partial charge on any atom is 0.246 e. The summed E-state index contributed by atoms with van der Waals surface area (Å²) in [5.74, 6) is 0.757. The number of nitrogens with one attached hydrogen (secondary N) is 1. The van der Waals surface area contributed by atoms with Crippen LogP contribution in [0.1, 0.15) is 0 Å². The third-order valence-electron chi connectivity index (χ3n) is 3.44. The number of rotatable bonds is 2. The second-order valence-corrected chi connectivity index (χ2v) is 4.96. The quantitative estimate of drug-likeness (QED) is 0.756. The summed E-state index contributed by atoms with van der Waals surface area (Å²) >= 11 is 0. The van der Waals surface area contributed by atoms with Gasteiger partial charge in [0.2, 0.25) is 11.6 Å². The van der Waals surface area contributed by atoms with Crippen molar-refractivity contribution in [2.75, 3.05) is 38.6 Å². The molecule has 8 nitrogen and oxygen atoms in total. The summed E-state index contributed by atoms with van der Waals surface area (Å²) in [6, 6.07) is -0.269. The van der Waals surface area contributed by atoms with Crippen LogP contribution in [0.2, 0.25) is 0 Å². The van der Waals surface area contributed by atoms with Gasteiger partial charge in [-0.2, -0.15) is 0 Å². The van der Waals surface area contributed by atoms with Gasteiger partial charge in [0, 0.05) is 46.1 Å². The van der Waals surface area contributed by atoms with E-state index in [4.69, 9.17) is 0 Å². The van der Waals surface area contributed by atoms with Crippen LogP contribution in [-0.4, -0.2) is 70.2 Å².